The quantitative estimate of drug-likeness (QED) is 0.736. The third-order valence-corrected chi connectivity index (χ3v) is 4.77. The lowest BCUT2D eigenvalue weighted by Gasteiger charge is -2.32. The van der Waals surface area contributed by atoms with Gasteiger partial charge >= 0.3 is 0 Å². The summed E-state index contributed by atoms with van der Waals surface area (Å²) in [6.07, 6.45) is 4.69. The van der Waals surface area contributed by atoms with Crippen molar-refractivity contribution in [3.8, 4) is 0 Å². The van der Waals surface area contributed by atoms with E-state index in [1.165, 1.54) is 24.5 Å². The molecule has 1 fully saturated rings. The monoisotopic (exact) mass is 374 g/mol. The molecule has 3 aromatic rings. The number of halogens is 2. The first-order chi connectivity index (χ1) is 12.6. The number of carbonyl (C=O) groups is 1. The first-order valence-electron chi connectivity index (χ1n) is 8.27. The molecule has 1 aliphatic heterocycles. The fraction of sp³-hybridized carbons (Fsp3) is 0.294. The van der Waals surface area contributed by atoms with Crippen molar-refractivity contribution in [3.05, 3.63) is 41.7 Å². The van der Waals surface area contributed by atoms with Crippen LogP contribution >= 0.6 is 11.6 Å². The summed E-state index contributed by atoms with van der Waals surface area (Å²) in [7, 11) is 0. The van der Waals surface area contributed by atoms with E-state index in [9.17, 15) is 9.18 Å². The number of fused-ring (bicyclic) bond motifs is 1. The average molecular weight is 375 g/mol. The van der Waals surface area contributed by atoms with E-state index in [1.807, 2.05) is 0 Å². The molecule has 1 aromatic carbocycles. The maximum absolute atomic E-state index is 13.3. The Morgan fingerprint density at radius 3 is 3.08 bits per heavy atom. The van der Waals surface area contributed by atoms with Crippen LogP contribution in [0.4, 0.5) is 15.9 Å². The third-order valence-electron chi connectivity index (χ3n) is 4.48. The van der Waals surface area contributed by atoms with Crippen molar-refractivity contribution in [2.24, 2.45) is 5.92 Å². The lowest BCUT2D eigenvalue weighted by atomic mass is 9.97. The summed E-state index contributed by atoms with van der Waals surface area (Å²) >= 11 is 5.77. The standard InChI is InChI=1S/C17H16ClFN6O/c18-12-6-11(3-4-13(12)19)24-17(26)10-2-1-5-25(7-10)16-14-15(21-8-20-14)22-9-23-16/h3-4,6,8-10H,1-2,5,7H2,(H,24,26)(H,20,21,22,23). The zero-order valence-corrected chi connectivity index (χ0v) is 14.5. The van der Waals surface area contributed by atoms with Gasteiger partial charge in [0.05, 0.1) is 17.3 Å². The Labute approximate surface area is 153 Å². The van der Waals surface area contributed by atoms with Crippen LogP contribution in [0.25, 0.3) is 11.2 Å². The highest BCUT2D eigenvalue weighted by Crippen LogP contribution is 2.27. The minimum atomic E-state index is -0.513. The van der Waals surface area contributed by atoms with E-state index in [0.29, 0.717) is 17.9 Å². The maximum Gasteiger partial charge on any atom is 0.229 e. The smallest absolute Gasteiger partial charge is 0.229 e. The zero-order valence-electron chi connectivity index (χ0n) is 13.7. The van der Waals surface area contributed by atoms with Crippen LogP contribution in [0.1, 0.15) is 12.8 Å². The summed E-state index contributed by atoms with van der Waals surface area (Å²) in [5.74, 6) is -0.0940. The lowest BCUT2D eigenvalue weighted by Crippen LogP contribution is -2.41. The van der Waals surface area contributed by atoms with E-state index in [2.05, 4.69) is 30.2 Å². The van der Waals surface area contributed by atoms with Crippen molar-refractivity contribution in [1.82, 2.24) is 19.9 Å². The van der Waals surface area contributed by atoms with Gasteiger partial charge in [0, 0.05) is 18.8 Å². The van der Waals surface area contributed by atoms with Gasteiger partial charge in [-0.2, -0.15) is 0 Å². The number of H-pyrrole nitrogens is 1. The van der Waals surface area contributed by atoms with Crippen molar-refractivity contribution in [2.75, 3.05) is 23.3 Å². The number of anilines is 2. The highest BCUT2D eigenvalue weighted by atomic mass is 35.5. The number of nitrogens with zero attached hydrogens (tertiary/aromatic N) is 4. The van der Waals surface area contributed by atoms with E-state index in [1.54, 1.807) is 6.33 Å². The van der Waals surface area contributed by atoms with Gasteiger partial charge in [0.15, 0.2) is 11.5 Å². The van der Waals surface area contributed by atoms with E-state index >= 15 is 0 Å². The number of rotatable bonds is 3. The molecule has 2 aromatic heterocycles. The van der Waals surface area contributed by atoms with Gasteiger partial charge < -0.3 is 15.2 Å². The van der Waals surface area contributed by atoms with Gasteiger partial charge in [-0.3, -0.25) is 4.79 Å². The molecule has 0 radical (unpaired) electrons. The Balaban J connectivity index is 1.50. The average Bonchev–Trinajstić information content (AvgIpc) is 3.13. The number of hydrogen-bond donors (Lipinski definition) is 2. The topological polar surface area (TPSA) is 86.8 Å². The molecule has 26 heavy (non-hydrogen) atoms. The van der Waals surface area contributed by atoms with Crippen LogP contribution in [0.15, 0.2) is 30.9 Å². The van der Waals surface area contributed by atoms with Crippen molar-refractivity contribution in [1.29, 1.82) is 0 Å². The Morgan fingerprint density at radius 2 is 2.23 bits per heavy atom. The van der Waals surface area contributed by atoms with Gasteiger partial charge in [0.2, 0.25) is 5.91 Å². The molecule has 2 N–H and O–H groups in total. The number of carbonyl (C=O) groups excluding carboxylic acids is 1. The Bertz CT molecular complexity index is 961. The molecular formula is C17H16ClFN6O. The second kappa shape index (κ2) is 6.87. The summed E-state index contributed by atoms with van der Waals surface area (Å²) in [6, 6.07) is 4.15. The van der Waals surface area contributed by atoms with Crippen molar-refractivity contribution in [2.45, 2.75) is 12.8 Å². The van der Waals surface area contributed by atoms with Crippen LogP contribution in [0.3, 0.4) is 0 Å². The summed E-state index contributed by atoms with van der Waals surface area (Å²) < 4.78 is 13.3. The summed E-state index contributed by atoms with van der Waals surface area (Å²) in [5.41, 5.74) is 1.85. The number of aromatic nitrogens is 4. The summed E-state index contributed by atoms with van der Waals surface area (Å²) in [5, 5.41) is 2.80. The predicted octanol–water partition coefficient (Wildman–Crippen LogP) is 3.00. The van der Waals surface area contributed by atoms with Crippen molar-refractivity contribution < 1.29 is 9.18 Å². The highest BCUT2D eigenvalue weighted by Gasteiger charge is 2.28. The van der Waals surface area contributed by atoms with Gasteiger partial charge in [-0.1, -0.05) is 11.6 Å². The first kappa shape index (κ1) is 16.7. The Hall–Kier alpha value is -2.74. The van der Waals surface area contributed by atoms with Gasteiger partial charge in [-0.15, -0.1) is 0 Å². The van der Waals surface area contributed by atoms with E-state index < -0.39 is 5.82 Å². The van der Waals surface area contributed by atoms with Crippen LogP contribution in [-0.2, 0) is 4.79 Å². The molecule has 1 amide bonds. The molecule has 0 spiro atoms. The normalized spacial score (nSPS) is 17.5. The largest absolute Gasteiger partial charge is 0.354 e. The zero-order chi connectivity index (χ0) is 18.1. The van der Waals surface area contributed by atoms with Crippen LogP contribution < -0.4 is 10.2 Å². The molecule has 1 unspecified atom stereocenters. The van der Waals surface area contributed by atoms with Gasteiger partial charge in [-0.05, 0) is 31.0 Å². The molecule has 4 rings (SSSR count). The minimum absolute atomic E-state index is 0.0179. The number of imidazole rings is 1. The number of piperidine rings is 1. The van der Waals surface area contributed by atoms with Crippen LogP contribution in [0.2, 0.25) is 5.02 Å². The highest BCUT2D eigenvalue weighted by molar-refractivity contribution is 6.31. The predicted molar refractivity (Wildman–Crippen MR) is 96.7 cm³/mol. The van der Waals surface area contributed by atoms with Gasteiger partial charge in [0.25, 0.3) is 0 Å². The van der Waals surface area contributed by atoms with E-state index in [-0.39, 0.29) is 16.8 Å². The molecule has 0 bridgehead atoms. The molecular weight excluding hydrogens is 359 g/mol. The second-order valence-electron chi connectivity index (χ2n) is 6.20. The Morgan fingerprint density at radius 1 is 1.35 bits per heavy atom. The molecule has 0 saturated carbocycles. The lowest BCUT2D eigenvalue weighted by molar-refractivity contribution is -0.120. The van der Waals surface area contributed by atoms with Crippen LogP contribution in [0, 0.1) is 11.7 Å². The van der Waals surface area contributed by atoms with Gasteiger partial charge in [0.1, 0.15) is 17.7 Å². The minimum Gasteiger partial charge on any atom is -0.354 e. The molecule has 1 aliphatic rings. The first-order valence-corrected chi connectivity index (χ1v) is 8.64. The van der Waals surface area contributed by atoms with Gasteiger partial charge in [-0.25, -0.2) is 19.3 Å². The van der Waals surface area contributed by atoms with Crippen LogP contribution in [0.5, 0.6) is 0 Å². The third kappa shape index (κ3) is 3.20. The van der Waals surface area contributed by atoms with E-state index in [4.69, 9.17) is 11.6 Å². The number of nitrogens with one attached hydrogen (secondary N) is 2. The molecule has 7 nitrogen and oxygen atoms in total. The number of benzene rings is 1. The van der Waals surface area contributed by atoms with Crippen LogP contribution in [-0.4, -0.2) is 38.9 Å². The number of amides is 1. The molecule has 3 heterocycles. The molecule has 1 atom stereocenters. The molecule has 0 aliphatic carbocycles. The van der Waals surface area contributed by atoms with Crippen molar-refractivity contribution in [3.63, 3.8) is 0 Å². The molecule has 9 heteroatoms. The second-order valence-corrected chi connectivity index (χ2v) is 6.61. The number of hydrogen-bond acceptors (Lipinski definition) is 5. The fourth-order valence-corrected chi connectivity index (χ4v) is 3.37. The Kier molecular flexibility index (Phi) is 4.42. The molecule has 1 saturated heterocycles. The summed E-state index contributed by atoms with van der Waals surface area (Å²) in [6.45, 7) is 1.34. The summed E-state index contributed by atoms with van der Waals surface area (Å²) in [4.78, 5) is 30.4. The fourth-order valence-electron chi connectivity index (χ4n) is 3.19. The maximum atomic E-state index is 13.3. The molecule has 134 valence electrons. The number of aromatic amines is 1. The van der Waals surface area contributed by atoms with Crippen molar-refractivity contribution >= 4 is 40.2 Å². The SMILES string of the molecule is O=C(Nc1ccc(F)c(Cl)c1)C1CCCN(c2ncnc3nc[nH]c23)C1. The van der Waals surface area contributed by atoms with E-state index in [0.717, 1.165) is 30.7 Å².